The topological polar surface area (TPSA) is 38.1 Å². The molecule has 3 nitrogen and oxygen atoms in total. The third kappa shape index (κ3) is 3.46. The molecule has 1 aromatic heterocycles. The van der Waals surface area contributed by atoms with Gasteiger partial charge in [0, 0.05) is 5.39 Å². The van der Waals surface area contributed by atoms with Gasteiger partial charge in [0.25, 0.3) is 0 Å². The van der Waals surface area contributed by atoms with Crippen LogP contribution in [0.5, 0.6) is 0 Å². The Morgan fingerprint density at radius 2 is 1.82 bits per heavy atom. The Labute approximate surface area is 195 Å². The summed E-state index contributed by atoms with van der Waals surface area (Å²) in [5.74, 6) is 0.0562. The molecular weight excluding hydrogens is 444 g/mol. The van der Waals surface area contributed by atoms with Gasteiger partial charge in [-0.15, -0.1) is 0 Å². The van der Waals surface area contributed by atoms with Crippen LogP contribution in [-0.2, 0) is 11.8 Å². The molecule has 3 aliphatic carbocycles. The first-order valence-electron chi connectivity index (χ1n) is 12.2. The quantitative estimate of drug-likeness (QED) is 0.435. The molecule has 0 unspecified atom stereocenters. The van der Waals surface area contributed by atoms with E-state index in [0.29, 0.717) is 18.8 Å². The van der Waals surface area contributed by atoms with Crippen molar-refractivity contribution in [2.75, 3.05) is 0 Å². The first-order valence-corrected chi connectivity index (χ1v) is 12.2. The SMILES string of the molecule is O[C@@]1(C(F)(F)F)CC[C@]2(CC3CC3)c3cc4cnn(-c5ccc(F)cc5)c4cc3CCC[C@H]2C1. The van der Waals surface area contributed by atoms with Crippen LogP contribution >= 0.6 is 0 Å². The predicted octanol–water partition coefficient (Wildman–Crippen LogP) is 6.63. The summed E-state index contributed by atoms with van der Waals surface area (Å²) >= 11 is 0. The average Bonchev–Trinajstić information content (AvgIpc) is 3.53. The molecule has 2 saturated carbocycles. The van der Waals surface area contributed by atoms with Crippen molar-refractivity contribution in [3.8, 4) is 5.69 Å². The zero-order valence-corrected chi connectivity index (χ0v) is 18.9. The lowest BCUT2D eigenvalue weighted by molar-refractivity contribution is -0.279. The maximum atomic E-state index is 13.8. The molecule has 0 spiro atoms. The molecule has 180 valence electrons. The van der Waals surface area contributed by atoms with Crippen molar-refractivity contribution in [2.24, 2.45) is 11.8 Å². The van der Waals surface area contributed by atoms with Crippen molar-refractivity contribution >= 4 is 10.9 Å². The van der Waals surface area contributed by atoms with E-state index in [2.05, 4.69) is 17.2 Å². The van der Waals surface area contributed by atoms with Crippen LogP contribution in [-0.4, -0.2) is 26.7 Å². The first kappa shape index (κ1) is 22.1. The van der Waals surface area contributed by atoms with E-state index in [1.807, 2.05) is 0 Å². The highest BCUT2D eigenvalue weighted by atomic mass is 19.4. The molecule has 0 radical (unpaired) electrons. The van der Waals surface area contributed by atoms with Crippen molar-refractivity contribution in [3.63, 3.8) is 0 Å². The molecule has 3 atom stereocenters. The lowest BCUT2D eigenvalue weighted by Gasteiger charge is -2.51. The molecule has 0 saturated heterocycles. The van der Waals surface area contributed by atoms with Gasteiger partial charge < -0.3 is 5.11 Å². The van der Waals surface area contributed by atoms with Crippen molar-refractivity contribution in [3.05, 3.63) is 59.5 Å². The number of rotatable bonds is 3. The Morgan fingerprint density at radius 1 is 1.06 bits per heavy atom. The Bertz CT molecular complexity index is 1230. The fourth-order valence-electron chi connectivity index (χ4n) is 6.66. The number of halogens is 4. The summed E-state index contributed by atoms with van der Waals surface area (Å²) in [5, 5.41) is 16.1. The van der Waals surface area contributed by atoms with Gasteiger partial charge in [-0.25, -0.2) is 9.07 Å². The van der Waals surface area contributed by atoms with Crippen LogP contribution in [0.1, 0.15) is 62.5 Å². The fourth-order valence-corrected chi connectivity index (χ4v) is 6.66. The number of hydrogen-bond donors (Lipinski definition) is 1. The Morgan fingerprint density at radius 3 is 2.53 bits per heavy atom. The molecule has 1 heterocycles. The van der Waals surface area contributed by atoms with E-state index < -0.39 is 11.8 Å². The van der Waals surface area contributed by atoms with Gasteiger partial charge in [-0.3, -0.25) is 0 Å². The summed E-state index contributed by atoms with van der Waals surface area (Å²) in [4.78, 5) is 0. The van der Waals surface area contributed by atoms with Crippen molar-refractivity contribution in [1.29, 1.82) is 0 Å². The van der Waals surface area contributed by atoms with E-state index in [0.717, 1.165) is 54.3 Å². The minimum atomic E-state index is -4.60. The smallest absolute Gasteiger partial charge is 0.380 e. The van der Waals surface area contributed by atoms with E-state index >= 15 is 0 Å². The van der Waals surface area contributed by atoms with Crippen molar-refractivity contribution in [1.82, 2.24) is 9.78 Å². The molecule has 6 rings (SSSR count). The van der Waals surface area contributed by atoms with E-state index in [1.165, 1.54) is 17.7 Å². The second-order valence-corrected chi connectivity index (χ2v) is 10.7. The van der Waals surface area contributed by atoms with E-state index in [-0.39, 0.29) is 30.0 Å². The highest BCUT2D eigenvalue weighted by molar-refractivity contribution is 5.82. The molecular formula is C27H28F4N2O. The minimum absolute atomic E-state index is 0.195. The van der Waals surface area contributed by atoms with E-state index in [4.69, 9.17) is 0 Å². The van der Waals surface area contributed by atoms with Gasteiger partial charge in [-0.1, -0.05) is 12.8 Å². The molecule has 2 aromatic carbocycles. The lowest BCUT2D eigenvalue weighted by atomic mass is 9.56. The summed E-state index contributed by atoms with van der Waals surface area (Å²) in [7, 11) is 0. The maximum absolute atomic E-state index is 13.8. The predicted molar refractivity (Wildman–Crippen MR) is 121 cm³/mol. The van der Waals surface area contributed by atoms with E-state index in [9.17, 15) is 22.7 Å². The zero-order valence-electron chi connectivity index (χ0n) is 18.9. The van der Waals surface area contributed by atoms with Crippen LogP contribution in [0.2, 0.25) is 0 Å². The molecule has 1 N–H and O–H groups in total. The molecule has 7 heteroatoms. The standard InChI is InChI=1S/C27H28F4N2O/c28-21-6-8-22(9-7-21)33-24-13-18-2-1-3-20-15-26(34,27(29,30)31)11-10-25(20,14-17-4-5-17)23(18)12-19(24)16-32-33/h6-9,12-13,16-17,20,34H,1-5,10-11,14-15H2/t20-,25+,26-/m0/s1. The average molecular weight is 473 g/mol. The van der Waals surface area contributed by atoms with Crippen LogP contribution in [0.25, 0.3) is 16.6 Å². The van der Waals surface area contributed by atoms with Gasteiger partial charge >= 0.3 is 6.18 Å². The van der Waals surface area contributed by atoms with Crippen LogP contribution in [0, 0.1) is 17.7 Å². The van der Waals surface area contributed by atoms with Crippen LogP contribution in [0.4, 0.5) is 17.6 Å². The molecule has 34 heavy (non-hydrogen) atoms. The highest BCUT2D eigenvalue weighted by Gasteiger charge is 2.61. The summed E-state index contributed by atoms with van der Waals surface area (Å²) in [6.45, 7) is 0. The van der Waals surface area contributed by atoms with Crippen LogP contribution < -0.4 is 0 Å². The maximum Gasteiger partial charge on any atom is 0.417 e. The highest BCUT2D eigenvalue weighted by Crippen LogP contribution is 2.59. The van der Waals surface area contributed by atoms with Gasteiger partial charge in [0.2, 0.25) is 0 Å². The molecule has 0 amide bonds. The Kier molecular flexibility index (Phi) is 4.90. The number of hydrogen-bond acceptors (Lipinski definition) is 2. The monoisotopic (exact) mass is 472 g/mol. The van der Waals surface area contributed by atoms with Crippen LogP contribution in [0.15, 0.2) is 42.6 Å². The summed E-state index contributed by atoms with van der Waals surface area (Å²) in [5.41, 5.74) is 1.11. The molecule has 3 aliphatic rings. The number of aryl methyl sites for hydroxylation is 1. The van der Waals surface area contributed by atoms with E-state index in [1.54, 1.807) is 23.0 Å². The first-order chi connectivity index (χ1) is 16.2. The number of aliphatic hydroxyl groups is 1. The molecule has 2 fully saturated rings. The number of aromatic nitrogens is 2. The largest absolute Gasteiger partial charge is 0.417 e. The Balaban J connectivity index is 1.47. The van der Waals surface area contributed by atoms with Gasteiger partial charge in [0.15, 0.2) is 5.60 Å². The zero-order chi connectivity index (χ0) is 23.7. The Hall–Kier alpha value is -2.41. The van der Waals surface area contributed by atoms with Crippen molar-refractivity contribution in [2.45, 2.75) is 75.0 Å². The van der Waals surface area contributed by atoms with Crippen molar-refractivity contribution < 1.29 is 22.7 Å². The molecule has 0 aliphatic heterocycles. The number of benzene rings is 2. The van der Waals surface area contributed by atoms with Gasteiger partial charge in [-0.2, -0.15) is 18.3 Å². The third-order valence-electron chi connectivity index (χ3n) is 8.63. The fraction of sp³-hybridized carbons (Fsp3) is 0.519. The number of fused-ring (bicyclic) bond motifs is 4. The normalized spacial score (nSPS) is 29.5. The summed E-state index contributed by atoms with van der Waals surface area (Å²) in [6.07, 6.45) is 2.55. The lowest BCUT2D eigenvalue weighted by Crippen LogP contribution is -2.55. The minimum Gasteiger partial charge on any atom is -0.380 e. The number of nitrogens with zero attached hydrogens (tertiary/aromatic N) is 2. The summed E-state index contributed by atoms with van der Waals surface area (Å²) < 4.78 is 56.6. The van der Waals surface area contributed by atoms with Gasteiger partial charge in [0.1, 0.15) is 5.82 Å². The second kappa shape index (κ2) is 7.54. The molecule has 3 aromatic rings. The van der Waals surface area contributed by atoms with Gasteiger partial charge in [0.05, 0.1) is 17.4 Å². The molecule has 0 bridgehead atoms. The van der Waals surface area contributed by atoms with Gasteiger partial charge in [-0.05, 0) is 110 Å². The summed E-state index contributed by atoms with van der Waals surface area (Å²) in [6, 6.07) is 10.5. The second-order valence-electron chi connectivity index (χ2n) is 10.7. The number of alkyl halides is 3. The third-order valence-corrected chi connectivity index (χ3v) is 8.63. The van der Waals surface area contributed by atoms with Crippen LogP contribution in [0.3, 0.4) is 0 Å².